The predicted molar refractivity (Wildman–Crippen MR) is 94.0 cm³/mol. The molecule has 1 aliphatic rings. The van der Waals surface area contributed by atoms with E-state index in [1.165, 1.54) is 18.2 Å². The van der Waals surface area contributed by atoms with Gasteiger partial charge in [-0.2, -0.15) is 0 Å². The number of thiophene rings is 1. The van der Waals surface area contributed by atoms with Crippen molar-refractivity contribution in [2.24, 2.45) is 11.7 Å². The fourth-order valence-corrected chi connectivity index (χ4v) is 5.52. The zero-order chi connectivity index (χ0) is 18.0. The summed E-state index contributed by atoms with van der Waals surface area (Å²) in [6, 6.07) is 11.2. The van der Waals surface area contributed by atoms with Crippen molar-refractivity contribution in [3.63, 3.8) is 0 Å². The summed E-state index contributed by atoms with van der Waals surface area (Å²) in [5.74, 6) is -0.733. The highest BCUT2D eigenvalue weighted by Crippen LogP contribution is 2.29. The Hall–Kier alpha value is -2.19. The summed E-state index contributed by atoms with van der Waals surface area (Å²) in [6.07, 6.45) is 1.09. The van der Waals surface area contributed by atoms with E-state index < -0.39 is 9.84 Å². The van der Waals surface area contributed by atoms with E-state index in [0.717, 1.165) is 11.3 Å². The molecule has 1 fully saturated rings. The van der Waals surface area contributed by atoms with E-state index in [9.17, 15) is 18.0 Å². The number of amides is 2. The SMILES string of the molecule is NC(=O)C1CCN(C(=O)c2ccc(S(=O)(=O)c3ccccc3)s2)CC1. The van der Waals surface area contributed by atoms with E-state index in [2.05, 4.69) is 0 Å². The van der Waals surface area contributed by atoms with Crippen LogP contribution < -0.4 is 5.73 Å². The summed E-state index contributed by atoms with van der Waals surface area (Å²) in [5.41, 5.74) is 5.30. The normalized spacial score (nSPS) is 15.9. The second-order valence-electron chi connectivity index (χ2n) is 5.90. The quantitative estimate of drug-likeness (QED) is 0.879. The first-order chi connectivity index (χ1) is 11.9. The number of rotatable bonds is 4. The lowest BCUT2D eigenvalue weighted by molar-refractivity contribution is -0.123. The maximum Gasteiger partial charge on any atom is 0.263 e. The van der Waals surface area contributed by atoms with Crippen molar-refractivity contribution >= 4 is 33.0 Å². The summed E-state index contributed by atoms with van der Waals surface area (Å²) >= 11 is 0.973. The highest BCUT2D eigenvalue weighted by atomic mass is 32.2. The highest BCUT2D eigenvalue weighted by molar-refractivity contribution is 7.93. The third kappa shape index (κ3) is 3.59. The van der Waals surface area contributed by atoms with Crippen molar-refractivity contribution in [1.29, 1.82) is 0 Å². The lowest BCUT2D eigenvalue weighted by Gasteiger charge is -2.30. The Morgan fingerprint density at radius 1 is 1.04 bits per heavy atom. The van der Waals surface area contributed by atoms with Crippen molar-refractivity contribution in [3.05, 3.63) is 47.3 Å². The molecule has 0 unspecified atom stereocenters. The van der Waals surface area contributed by atoms with Gasteiger partial charge in [0.15, 0.2) is 0 Å². The zero-order valence-corrected chi connectivity index (χ0v) is 15.1. The van der Waals surface area contributed by atoms with Crippen LogP contribution in [0.3, 0.4) is 0 Å². The van der Waals surface area contributed by atoms with Gasteiger partial charge in [-0.05, 0) is 37.1 Å². The Kier molecular flexibility index (Phi) is 4.91. The molecule has 132 valence electrons. The van der Waals surface area contributed by atoms with E-state index in [0.29, 0.717) is 30.8 Å². The summed E-state index contributed by atoms with van der Waals surface area (Å²) in [6.45, 7) is 0.899. The van der Waals surface area contributed by atoms with Crippen molar-refractivity contribution in [3.8, 4) is 0 Å². The van der Waals surface area contributed by atoms with E-state index in [1.807, 2.05) is 0 Å². The van der Waals surface area contributed by atoms with Crippen molar-refractivity contribution in [2.45, 2.75) is 21.9 Å². The second-order valence-corrected chi connectivity index (χ2v) is 9.16. The van der Waals surface area contributed by atoms with Crippen LogP contribution in [-0.4, -0.2) is 38.2 Å². The number of hydrogen-bond acceptors (Lipinski definition) is 5. The summed E-state index contributed by atoms with van der Waals surface area (Å²) in [5, 5.41) is 0. The fraction of sp³-hybridized carbons (Fsp3) is 0.294. The van der Waals surface area contributed by atoms with Crippen LogP contribution in [0.5, 0.6) is 0 Å². The Balaban J connectivity index is 1.76. The van der Waals surface area contributed by atoms with Gasteiger partial charge in [-0.15, -0.1) is 11.3 Å². The topological polar surface area (TPSA) is 97.5 Å². The molecule has 0 bridgehead atoms. The van der Waals surface area contributed by atoms with Gasteiger partial charge in [0.05, 0.1) is 9.77 Å². The molecule has 6 nitrogen and oxygen atoms in total. The van der Waals surface area contributed by atoms with Crippen molar-refractivity contribution in [1.82, 2.24) is 4.90 Å². The minimum Gasteiger partial charge on any atom is -0.369 e. The third-order valence-corrected chi connectivity index (χ3v) is 7.63. The van der Waals surface area contributed by atoms with Crippen LogP contribution in [-0.2, 0) is 14.6 Å². The van der Waals surface area contributed by atoms with Gasteiger partial charge in [-0.25, -0.2) is 8.42 Å². The average molecular weight is 378 g/mol. The monoisotopic (exact) mass is 378 g/mol. The van der Waals surface area contributed by atoms with Gasteiger partial charge in [0.2, 0.25) is 15.7 Å². The highest BCUT2D eigenvalue weighted by Gasteiger charge is 2.28. The molecular weight excluding hydrogens is 360 g/mol. The average Bonchev–Trinajstić information content (AvgIpc) is 3.13. The molecule has 0 aliphatic carbocycles. The number of nitrogens with two attached hydrogens (primary N) is 1. The lowest BCUT2D eigenvalue weighted by atomic mass is 9.96. The van der Waals surface area contributed by atoms with Crippen LogP contribution >= 0.6 is 11.3 Å². The van der Waals surface area contributed by atoms with Crippen LogP contribution in [0.4, 0.5) is 0 Å². The largest absolute Gasteiger partial charge is 0.369 e. The Morgan fingerprint density at radius 2 is 1.68 bits per heavy atom. The van der Waals surface area contributed by atoms with Gasteiger partial charge in [-0.1, -0.05) is 18.2 Å². The first-order valence-corrected chi connectivity index (χ1v) is 10.2. The minimum absolute atomic E-state index is 0.147. The summed E-state index contributed by atoms with van der Waals surface area (Å²) < 4.78 is 25.3. The molecule has 2 heterocycles. The number of hydrogen-bond donors (Lipinski definition) is 1. The molecule has 1 aliphatic heterocycles. The van der Waals surface area contributed by atoms with Crippen molar-refractivity contribution in [2.75, 3.05) is 13.1 Å². The molecule has 0 saturated carbocycles. The minimum atomic E-state index is -3.62. The Bertz CT molecular complexity index is 882. The Morgan fingerprint density at radius 3 is 2.28 bits per heavy atom. The molecule has 2 N–H and O–H groups in total. The zero-order valence-electron chi connectivity index (χ0n) is 13.4. The first-order valence-electron chi connectivity index (χ1n) is 7.88. The number of carbonyl (C=O) groups is 2. The number of primary amides is 1. The van der Waals surface area contributed by atoms with Crippen LogP contribution in [0.25, 0.3) is 0 Å². The van der Waals surface area contributed by atoms with Gasteiger partial charge in [-0.3, -0.25) is 9.59 Å². The molecule has 1 aromatic heterocycles. The maximum atomic E-state index is 12.6. The van der Waals surface area contributed by atoms with E-state index >= 15 is 0 Å². The summed E-state index contributed by atoms with van der Waals surface area (Å²) in [4.78, 5) is 26.0. The van der Waals surface area contributed by atoms with Gasteiger partial charge >= 0.3 is 0 Å². The molecule has 0 radical (unpaired) electrons. The standard InChI is InChI=1S/C17H18N2O4S2/c18-16(20)12-8-10-19(11-9-12)17(21)14-6-7-15(24-14)25(22,23)13-4-2-1-3-5-13/h1-7,12H,8-11H2,(H2,18,20). The van der Waals surface area contributed by atoms with Crippen LogP contribution in [0.1, 0.15) is 22.5 Å². The lowest BCUT2D eigenvalue weighted by Crippen LogP contribution is -2.41. The number of sulfone groups is 1. The van der Waals surface area contributed by atoms with Gasteiger partial charge in [0.25, 0.3) is 5.91 Å². The molecule has 3 rings (SSSR count). The molecule has 25 heavy (non-hydrogen) atoms. The molecule has 1 aromatic carbocycles. The van der Waals surface area contributed by atoms with Gasteiger partial charge in [0.1, 0.15) is 4.21 Å². The first kappa shape index (κ1) is 17.6. The summed E-state index contributed by atoms with van der Waals surface area (Å²) in [7, 11) is -3.62. The second kappa shape index (κ2) is 6.97. The number of piperidine rings is 1. The predicted octanol–water partition coefficient (Wildman–Crippen LogP) is 1.92. The smallest absolute Gasteiger partial charge is 0.263 e. The van der Waals surface area contributed by atoms with E-state index in [-0.39, 0.29) is 26.8 Å². The molecule has 0 spiro atoms. The molecular formula is C17H18N2O4S2. The fourth-order valence-electron chi connectivity index (χ4n) is 2.82. The molecule has 2 aromatic rings. The number of carbonyl (C=O) groups excluding carboxylic acids is 2. The molecule has 2 amide bonds. The van der Waals surface area contributed by atoms with Crippen LogP contribution in [0, 0.1) is 5.92 Å². The number of benzene rings is 1. The molecule has 1 saturated heterocycles. The maximum absolute atomic E-state index is 12.6. The van der Waals surface area contributed by atoms with Crippen LogP contribution in [0.15, 0.2) is 51.6 Å². The van der Waals surface area contributed by atoms with Gasteiger partial charge < -0.3 is 10.6 Å². The molecule has 0 atom stereocenters. The third-order valence-electron chi connectivity index (χ3n) is 4.30. The number of likely N-dealkylation sites (tertiary alicyclic amines) is 1. The Labute approximate surface area is 150 Å². The van der Waals surface area contributed by atoms with Crippen LogP contribution in [0.2, 0.25) is 0 Å². The van der Waals surface area contributed by atoms with E-state index in [1.54, 1.807) is 29.2 Å². The number of nitrogens with zero attached hydrogens (tertiary/aromatic N) is 1. The van der Waals surface area contributed by atoms with Gasteiger partial charge in [0, 0.05) is 19.0 Å². The van der Waals surface area contributed by atoms with Crippen molar-refractivity contribution < 1.29 is 18.0 Å². The van der Waals surface area contributed by atoms with E-state index in [4.69, 9.17) is 5.73 Å². The molecule has 8 heteroatoms.